The second-order valence-corrected chi connectivity index (χ2v) is 4.13. The van der Waals surface area contributed by atoms with Crippen LogP contribution in [0.4, 0.5) is 0 Å². The van der Waals surface area contributed by atoms with Crippen LogP contribution >= 0.6 is 22.6 Å². The van der Waals surface area contributed by atoms with Gasteiger partial charge in [0.15, 0.2) is 0 Å². The molecule has 0 saturated heterocycles. The van der Waals surface area contributed by atoms with Gasteiger partial charge in [-0.2, -0.15) is 0 Å². The monoisotopic (exact) mass is 302 g/mol. The van der Waals surface area contributed by atoms with Crippen LogP contribution in [0.5, 0.6) is 0 Å². The lowest BCUT2D eigenvalue weighted by Crippen LogP contribution is -1.98. The van der Waals surface area contributed by atoms with Crippen molar-refractivity contribution in [2.45, 2.75) is 13.3 Å². The van der Waals surface area contributed by atoms with E-state index >= 15 is 0 Å². The van der Waals surface area contributed by atoms with Crippen LogP contribution in [0.25, 0.3) is 6.08 Å². The molecule has 3 heteroatoms. The fourth-order valence-corrected chi connectivity index (χ4v) is 1.68. The van der Waals surface area contributed by atoms with Gasteiger partial charge in [0.05, 0.1) is 0 Å². The van der Waals surface area contributed by atoms with Gasteiger partial charge in [-0.05, 0) is 52.8 Å². The number of carbonyl (C=O) groups is 1. The minimum atomic E-state index is -0.841. The Kier molecular flexibility index (Phi) is 4.13. The van der Waals surface area contributed by atoms with E-state index in [1.807, 2.05) is 31.2 Å². The molecule has 1 aromatic carbocycles. The summed E-state index contributed by atoms with van der Waals surface area (Å²) >= 11 is 2.20. The normalized spacial score (nSPS) is 11.4. The smallest absolute Gasteiger partial charge is 0.331 e. The zero-order valence-electron chi connectivity index (χ0n) is 7.83. The van der Waals surface area contributed by atoms with E-state index in [-0.39, 0.29) is 0 Å². The highest BCUT2D eigenvalue weighted by atomic mass is 127. The summed E-state index contributed by atoms with van der Waals surface area (Å²) in [6.07, 6.45) is 2.26. The third kappa shape index (κ3) is 3.14. The topological polar surface area (TPSA) is 37.3 Å². The molecule has 0 unspecified atom stereocenters. The van der Waals surface area contributed by atoms with Crippen LogP contribution in [0.15, 0.2) is 29.8 Å². The number of hydrogen-bond acceptors (Lipinski definition) is 1. The Labute approximate surface area is 96.8 Å². The molecule has 0 aliphatic rings. The molecule has 1 N–H and O–H groups in total. The predicted molar refractivity (Wildman–Crippen MR) is 65.1 cm³/mol. The number of hydrogen-bond donors (Lipinski definition) is 1. The molecule has 0 fully saturated rings. The Hall–Kier alpha value is -0.840. The van der Waals surface area contributed by atoms with E-state index in [1.165, 1.54) is 0 Å². The molecule has 14 heavy (non-hydrogen) atoms. The largest absolute Gasteiger partial charge is 0.478 e. The van der Waals surface area contributed by atoms with Crippen molar-refractivity contribution in [3.8, 4) is 0 Å². The summed E-state index contributed by atoms with van der Waals surface area (Å²) in [6, 6.07) is 7.76. The molecule has 0 heterocycles. The summed E-state index contributed by atoms with van der Waals surface area (Å²) in [7, 11) is 0. The highest BCUT2D eigenvalue weighted by molar-refractivity contribution is 14.1. The highest BCUT2D eigenvalue weighted by Gasteiger charge is 2.03. The van der Waals surface area contributed by atoms with Crippen molar-refractivity contribution in [2.75, 3.05) is 0 Å². The predicted octanol–water partition coefficient (Wildman–Crippen LogP) is 3.17. The van der Waals surface area contributed by atoms with Gasteiger partial charge in [0.2, 0.25) is 0 Å². The maximum atomic E-state index is 10.7. The molecule has 1 rings (SSSR count). The number of rotatable bonds is 3. The van der Waals surface area contributed by atoms with Gasteiger partial charge < -0.3 is 5.11 Å². The standard InChI is InChI=1S/C11H11IO2/c1-2-9(11(13)14)6-8-4-3-5-10(12)7-8/h3-7H,2H2,1H3,(H,13,14)/b9-6+. The van der Waals surface area contributed by atoms with Crippen LogP contribution in [0.2, 0.25) is 0 Å². The molecule has 0 aliphatic heterocycles. The van der Waals surface area contributed by atoms with Crippen molar-refractivity contribution >= 4 is 34.6 Å². The lowest BCUT2D eigenvalue weighted by molar-refractivity contribution is -0.132. The molecule has 0 atom stereocenters. The van der Waals surface area contributed by atoms with E-state index in [9.17, 15) is 4.79 Å². The Balaban J connectivity index is 3.00. The molecular weight excluding hydrogens is 291 g/mol. The third-order valence-electron chi connectivity index (χ3n) is 1.85. The van der Waals surface area contributed by atoms with E-state index < -0.39 is 5.97 Å². The van der Waals surface area contributed by atoms with E-state index in [4.69, 9.17) is 5.11 Å². The van der Waals surface area contributed by atoms with Gasteiger partial charge in [-0.15, -0.1) is 0 Å². The summed E-state index contributed by atoms with van der Waals surface area (Å²) < 4.78 is 1.11. The molecule has 0 spiro atoms. The van der Waals surface area contributed by atoms with Crippen molar-refractivity contribution < 1.29 is 9.90 Å². The van der Waals surface area contributed by atoms with Crippen LogP contribution in [0.1, 0.15) is 18.9 Å². The van der Waals surface area contributed by atoms with E-state index in [0.29, 0.717) is 12.0 Å². The van der Waals surface area contributed by atoms with Gasteiger partial charge in [-0.3, -0.25) is 0 Å². The van der Waals surface area contributed by atoms with Crippen LogP contribution in [0.3, 0.4) is 0 Å². The minimum Gasteiger partial charge on any atom is -0.478 e. The summed E-state index contributed by atoms with van der Waals surface area (Å²) in [6.45, 7) is 1.84. The average Bonchev–Trinajstić information content (AvgIpc) is 2.14. The zero-order chi connectivity index (χ0) is 10.6. The van der Waals surface area contributed by atoms with Crippen molar-refractivity contribution in [3.63, 3.8) is 0 Å². The molecular formula is C11H11IO2. The molecule has 1 aromatic rings. The van der Waals surface area contributed by atoms with Gasteiger partial charge in [-0.1, -0.05) is 19.1 Å². The van der Waals surface area contributed by atoms with E-state index in [2.05, 4.69) is 22.6 Å². The molecule has 0 bridgehead atoms. The Morgan fingerprint density at radius 1 is 1.57 bits per heavy atom. The first kappa shape index (κ1) is 11.2. The van der Waals surface area contributed by atoms with Crippen LogP contribution in [-0.2, 0) is 4.79 Å². The summed E-state index contributed by atoms with van der Waals surface area (Å²) in [5.74, 6) is -0.841. The first-order valence-corrected chi connectivity index (χ1v) is 5.40. The molecule has 0 aromatic heterocycles. The van der Waals surface area contributed by atoms with Crippen molar-refractivity contribution in [2.24, 2.45) is 0 Å². The second-order valence-electron chi connectivity index (χ2n) is 2.88. The maximum Gasteiger partial charge on any atom is 0.331 e. The van der Waals surface area contributed by atoms with Gasteiger partial charge >= 0.3 is 5.97 Å². The molecule has 74 valence electrons. The number of carboxylic acid groups (broad SMARTS) is 1. The van der Waals surface area contributed by atoms with Crippen LogP contribution in [0, 0.1) is 3.57 Å². The molecule has 0 radical (unpaired) electrons. The first-order valence-electron chi connectivity index (χ1n) is 4.33. The Morgan fingerprint density at radius 2 is 2.29 bits per heavy atom. The number of aliphatic carboxylic acids is 1. The molecule has 0 amide bonds. The van der Waals surface area contributed by atoms with Crippen LogP contribution < -0.4 is 0 Å². The summed E-state index contributed by atoms with van der Waals surface area (Å²) in [5.41, 5.74) is 1.38. The summed E-state index contributed by atoms with van der Waals surface area (Å²) in [5, 5.41) is 8.83. The van der Waals surface area contributed by atoms with Gasteiger partial charge in [0, 0.05) is 9.14 Å². The third-order valence-corrected chi connectivity index (χ3v) is 2.52. The van der Waals surface area contributed by atoms with Crippen LogP contribution in [-0.4, -0.2) is 11.1 Å². The van der Waals surface area contributed by atoms with E-state index in [1.54, 1.807) is 6.08 Å². The maximum absolute atomic E-state index is 10.7. The van der Waals surface area contributed by atoms with Crippen molar-refractivity contribution in [3.05, 3.63) is 39.0 Å². The Bertz CT molecular complexity index is 369. The van der Waals surface area contributed by atoms with Gasteiger partial charge in [-0.25, -0.2) is 4.79 Å². The van der Waals surface area contributed by atoms with E-state index in [0.717, 1.165) is 9.13 Å². The van der Waals surface area contributed by atoms with Gasteiger partial charge in [0.1, 0.15) is 0 Å². The van der Waals surface area contributed by atoms with Crippen molar-refractivity contribution in [1.29, 1.82) is 0 Å². The molecule has 0 saturated carbocycles. The highest BCUT2D eigenvalue weighted by Crippen LogP contribution is 2.13. The van der Waals surface area contributed by atoms with Crippen molar-refractivity contribution in [1.82, 2.24) is 0 Å². The Morgan fingerprint density at radius 3 is 2.79 bits per heavy atom. The number of halogens is 1. The first-order chi connectivity index (χ1) is 6.63. The fourth-order valence-electron chi connectivity index (χ4n) is 1.11. The second kappa shape index (κ2) is 5.14. The minimum absolute atomic E-state index is 0.437. The lowest BCUT2D eigenvalue weighted by atomic mass is 10.1. The molecule has 0 aliphatic carbocycles. The average molecular weight is 302 g/mol. The number of carboxylic acids is 1. The fraction of sp³-hybridized carbons (Fsp3) is 0.182. The summed E-state index contributed by atoms with van der Waals surface area (Å²) in [4.78, 5) is 10.7. The quantitative estimate of drug-likeness (QED) is 0.688. The zero-order valence-corrected chi connectivity index (χ0v) is 9.98. The lowest BCUT2D eigenvalue weighted by Gasteiger charge is -1.98. The SMILES string of the molecule is CC/C(=C\c1cccc(I)c1)C(=O)O. The number of benzene rings is 1. The van der Waals surface area contributed by atoms with Gasteiger partial charge in [0.25, 0.3) is 0 Å². The molecule has 2 nitrogen and oxygen atoms in total.